The second kappa shape index (κ2) is 8.05. The van der Waals surface area contributed by atoms with Gasteiger partial charge in [0, 0.05) is 44.3 Å². The minimum absolute atomic E-state index is 0.103. The van der Waals surface area contributed by atoms with Crippen LogP contribution < -0.4 is 15.5 Å². The van der Waals surface area contributed by atoms with Crippen molar-refractivity contribution in [3.63, 3.8) is 0 Å². The quantitative estimate of drug-likeness (QED) is 0.458. The lowest BCUT2D eigenvalue weighted by atomic mass is 9.95. The second-order valence-electron chi connectivity index (χ2n) is 7.58. The van der Waals surface area contributed by atoms with Gasteiger partial charge in [0.1, 0.15) is 5.82 Å². The Morgan fingerprint density at radius 1 is 1.04 bits per heavy atom. The molecule has 1 aliphatic heterocycles. The average Bonchev–Trinajstić information content (AvgIpc) is 3.31. The molecule has 2 aromatic carbocycles. The molecule has 0 atom stereocenters. The zero-order valence-corrected chi connectivity index (χ0v) is 16.3. The molecule has 2 N–H and O–H groups in total. The summed E-state index contributed by atoms with van der Waals surface area (Å²) >= 11 is 0. The predicted octanol–water partition coefficient (Wildman–Crippen LogP) is 3.60. The first-order chi connectivity index (χ1) is 13.7. The third-order valence-corrected chi connectivity index (χ3v) is 5.70. The first-order valence-electron chi connectivity index (χ1n) is 9.89. The van der Waals surface area contributed by atoms with Crippen molar-refractivity contribution in [2.24, 2.45) is 4.99 Å². The summed E-state index contributed by atoms with van der Waals surface area (Å²) in [4.78, 5) is 6.64. The maximum Gasteiger partial charge on any atom is 0.191 e. The van der Waals surface area contributed by atoms with Gasteiger partial charge in [-0.1, -0.05) is 42.5 Å². The number of nitrogens with zero attached hydrogens (tertiary/aromatic N) is 2. The monoisotopic (exact) mass is 378 g/mol. The molecular formula is C23H27FN4. The molecule has 4 nitrogen and oxygen atoms in total. The van der Waals surface area contributed by atoms with Crippen LogP contribution in [0.1, 0.15) is 24.0 Å². The second-order valence-corrected chi connectivity index (χ2v) is 7.58. The zero-order chi connectivity index (χ0) is 19.4. The summed E-state index contributed by atoms with van der Waals surface area (Å²) < 4.78 is 14.2. The van der Waals surface area contributed by atoms with Gasteiger partial charge in [-0.2, -0.15) is 0 Å². The van der Waals surface area contributed by atoms with Gasteiger partial charge in [0.05, 0.1) is 0 Å². The Labute approximate surface area is 166 Å². The van der Waals surface area contributed by atoms with E-state index in [4.69, 9.17) is 0 Å². The first-order valence-corrected chi connectivity index (χ1v) is 9.89. The maximum atomic E-state index is 14.2. The topological polar surface area (TPSA) is 39.7 Å². The van der Waals surface area contributed by atoms with Gasteiger partial charge < -0.3 is 15.5 Å². The first kappa shape index (κ1) is 18.5. The normalized spacial score (nSPS) is 17.6. The Morgan fingerprint density at radius 3 is 2.39 bits per heavy atom. The Morgan fingerprint density at radius 2 is 1.75 bits per heavy atom. The molecule has 2 aliphatic rings. The number of guanidine groups is 1. The van der Waals surface area contributed by atoms with E-state index in [0.717, 1.165) is 37.5 Å². The number of hydrogen-bond acceptors (Lipinski definition) is 2. The number of rotatable bonds is 6. The highest BCUT2D eigenvalue weighted by Crippen LogP contribution is 2.48. The Hall–Kier alpha value is -2.82. The van der Waals surface area contributed by atoms with Crippen LogP contribution >= 0.6 is 0 Å². The molecular weight excluding hydrogens is 351 g/mol. The Kier molecular flexibility index (Phi) is 5.33. The summed E-state index contributed by atoms with van der Waals surface area (Å²) in [6, 6.07) is 15.7. The number of halogens is 1. The Balaban J connectivity index is 1.30. The third-order valence-electron chi connectivity index (χ3n) is 5.70. The van der Waals surface area contributed by atoms with Crippen LogP contribution in [0, 0.1) is 5.82 Å². The summed E-state index contributed by atoms with van der Waals surface area (Å²) in [7, 11) is 1.77. The summed E-state index contributed by atoms with van der Waals surface area (Å²) in [5.41, 5.74) is 3.16. The average molecular weight is 378 g/mol. The predicted molar refractivity (Wildman–Crippen MR) is 113 cm³/mol. The number of aliphatic imine (C=N–C) groups is 1. The fourth-order valence-electron chi connectivity index (χ4n) is 3.76. The lowest BCUT2D eigenvalue weighted by Crippen LogP contribution is -2.41. The highest BCUT2D eigenvalue weighted by atomic mass is 19.1. The van der Waals surface area contributed by atoms with Crippen LogP contribution in [0.5, 0.6) is 0 Å². The van der Waals surface area contributed by atoms with E-state index in [-0.39, 0.29) is 11.2 Å². The van der Waals surface area contributed by atoms with Gasteiger partial charge >= 0.3 is 0 Å². The van der Waals surface area contributed by atoms with E-state index >= 15 is 0 Å². The van der Waals surface area contributed by atoms with Gasteiger partial charge in [0.25, 0.3) is 0 Å². The third kappa shape index (κ3) is 4.03. The van der Waals surface area contributed by atoms with Crippen LogP contribution in [-0.4, -0.2) is 32.6 Å². The van der Waals surface area contributed by atoms with E-state index in [2.05, 4.69) is 56.9 Å². The van der Waals surface area contributed by atoms with Crippen molar-refractivity contribution in [2.75, 3.05) is 31.6 Å². The number of benzene rings is 2. The molecule has 0 amide bonds. The molecule has 1 heterocycles. The fraction of sp³-hybridized carbons (Fsp3) is 0.348. The van der Waals surface area contributed by atoms with E-state index in [1.54, 1.807) is 19.2 Å². The van der Waals surface area contributed by atoms with E-state index in [1.807, 2.05) is 12.1 Å². The van der Waals surface area contributed by atoms with Crippen LogP contribution in [0.15, 0.2) is 65.7 Å². The summed E-state index contributed by atoms with van der Waals surface area (Å²) in [6.45, 7) is 3.36. The lowest BCUT2D eigenvalue weighted by molar-refractivity contribution is 0.559. The molecule has 1 aliphatic carbocycles. The molecule has 1 fully saturated rings. The standard InChI is InChI=1S/C23H27FN4/c1-25-22(27-17-23(12-13-23)20-6-2-3-7-21(20)24)26-16-18-8-10-19(11-9-18)28-14-4-5-15-28/h2-11H,12-17H2,1H3,(H2,25,26,27). The minimum Gasteiger partial charge on any atom is -0.364 e. The van der Waals surface area contributed by atoms with E-state index in [0.29, 0.717) is 13.1 Å². The van der Waals surface area contributed by atoms with E-state index in [9.17, 15) is 4.39 Å². The Bertz CT molecular complexity index is 860. The molecule has 28 heavy (non-hydrogen) atoms. The van der Waals surface area contributed by atoms with Crippen molar-refractivity contribution >= 4 is 11.6 Å². The molecule has 146 valence electrons. The molecule has 1 saturated carbocycles. The molecule has 0 aromatic heterocycles. The highest BCUT2D eigenvalue weighted by molar-refractivity contribution is 5.79. The van der Waals surface area contributed by atoms with Gasteiger partial charge in [-0.05, 0) is 42.2 Å². The molecule has 0 radical (unpaired) electrons. The molecule has 2 aromatic rings. The van der Waals surface area contributed by atoms with Gasteiger partial charge in [-0.25, -0.2) is 4.39 Å². The van der Waals surface area contributed by atoms with Crippen LogP contribution in [0.25, 0.3) is 0 Å². The van der Waals surface area contributed by atoms with Crippen molar-refractivity contribution in [1.29, 1.82) is 0 Å². The van der Waals surface area contributed by atoms with Crippen molar-refractivity contribution in [3.8, 4) is 0 Å². The fourth-order valence-corrected chi connectivity index (χ4v) is 3.76. The number of nitrogens with one attached hydrogen (secondary N) is 2. The zero-order valence-electron chi connectivity index (χ0n) is 16.3. The molecule has 0 bridgehead atoms. The largest absolute Gasteiger partial charge is 0.364 e. The van der Waals surface area contributed by atoms with Gasteiger partial charge in [-0.15, -0.1) is 0 Å². The van der Waals surface area contributed by atoms with Crippen molar-refractivity contribution in [1.82, 2.24) is 10.6 Å². The summed E-state index contributed by atoms with van der Waals surface area (Å²) in [5, 5.41) is 6.74. The lowest BCUT2D eigenvalue weighted by Gasteiger charge is -2.20. The maximum absolute atomic E-state index is 14.2. The van der Waals surface area contributed by atoms with Crippen molar-refractivity contribution in [2.45, 2.75) is 24.8 Å². The van der Waals surface area contributed by atoms with E-state index < -0.39 is 0 Å². The van der Waals surface area contributed by atoms with Crippen LogP contribution in [-0.2, 0) is 12.0 Å². The smallest absolute Gasteiger partial charge is 0.191 e. The summed E-state index contributed by atoms with van der Waals surface area (Å²) in [5.74, 6) is 0.633. The van der Waals surface area contributed by atoms with Crippen LogP contribution in [0.2, 0.25) is 0 Å². The molecule has 0 saturated heterocycles. The van der Waals surface area contributed by atoms with Crippen molar-refractivity contribution in [3.05, 3.63) is 77.6 Å². The highest BCUT2D eigenvalue weighted by Gasteiger charge is 2.45. The molecule has 4 rings (SSSR count). The number of hydrogen-bond donors (Lipinski definition) is 2. The van der Waals surface area contributed by atoms with Gasteiger partial charge in [0.15, 0.2) is 5.96 Å². The summed E-state index contributed by atoms with van der Waals surface area (Å²) in [6.07, 6.45) is 6.40. The SMILES string of the molecule is CN=C(NCc1ccc(N2CC=CC2)cc1)NCC1(c2ccccc2F)CC1. The van der Waals surface area contributed by atoms with Gasteiger partial charge in [0.2, 0.25) is 0 Å². The van der Waals surface area contributed by atoms with Crippen LogP contribution in [0.4, 0.5) is 10.1 Å². The van der Waals surface area contributed by atoms with Gasteiger partial charge in [-0.3, -0.25) is 4.99 Å². The van der Waals surface area contributed by atoms with E-state index in [1.165, 1.54) is 11.3 Å². The molecule has 5 heteroatoms. The minimum atomic E-state index is -0.113. The van der Waals surface area contributed by atoms with Crippen molar-refractivity contribution < 1.29 is 4.39 Å². The molecule has 0 spiro atoms. The number of anilines is 1. The van der Waals surface area contributed by atoms with Crippen LogP contribution in [0.3, 0.4) is 0 Å². The molecule has 0 unspecified atom stereocenters.